The number of nitrogens with zero attached hydrogens (tertiary/aromatic N) is 1. The number of hydrogen-bond acceptors (Lipinski definition) is 3. The van der Waals surface area contributed by atoms with E-state index in [4.69, 9.17) is 0 Å². The first-order valence-corrected chi connectivity index (χ1v) is 7.94. The van der Waals surface area contributed by atoms with E-state index >= 15 is 0 Å². The molecule has 2 atom stereocenters. The van der Waals surface area contributed by atoms with Crippen molar-refractivity contribution < 1.29 is 9.50 Å². The summed E-state index contributed by atoms with van der Waals surface area (Å²) in [7, 11) is 0. The number of nitrogens with one attached hydrogen (secondary N) is 1. The molecule has 0 aliphatic carbocycles. The van der Waals surface area contributed by atoms with Crippen LogP contribution in [0.4, 0.5) is 4.39 Å². The largest absolute Gasteiger partial charge is 0.395 e. The fourth-order valence-electron chi connectivity index (χ4n) is 2.80. The van der Waals surface area contributed by atoms with Gasteiger partial charge in [-0.3, -0.25) is 4.90 Å². The number of aliphatic hydroxyl groups is 1. The lowest BCUT2D eigenvalue weighted by Crippen LogP contribution is -2.40. The summed E-state index contributed by atoms with van der Waals surface area (Å²) >= 11 is 3.28. The van der Waals surface area contributed by atoms with Crippen LogP contribution >= 0.6 is 15.9 Å². The van der Waals surface area contributed by atoms with Crippen LogP contribution in [0, 0.1) is 5.82 Å². The van der Waals surface area contributed by atoms with Crippen LogP contribution < -0.4 is 5.32 Å². The highest BCUT2D eigenvalue weighted by atomic mass is 79.9. The first-order chi connectivity index (χ1) is 9.61. The van der Waals surface area contributed by atoms with E-state index in [9.17, 15) is 9.50 Å². The second kappa shape index (κ2) is 7.50. The second-order valence-electron chi connectivity index (χ2n) is 5.35. The van der Waals surface area contributed by atoms with Crippen LogP contribution in [0.1, 0.15) is 31.4 Å². The molecule has 1 aromatic rings. The zero-order valence-corrected chi connectivity index (χ0v) is 13.4. The maximum Gasteiger partial charge on any atom is 0.129 e. The molecular weight excluding hydrogens is 323 g/mol. The molecule has 1 saturated heterocycles. The molecule has 0 aromatic heterocycles. The van der Waals surface area contributed by atoms with Gasteiger partial charge in [-0.15, -0.1) is 0 Å². The summed E-state index contributed by atoms with van der Waals surface area (Å²) in [6.07, 6.45) is 2.34. The van der Waals surface area contributed by atoms with Gasteiger partial charge >= 0.3 is 0 Å². The van der Waals surface area contributed by atoms with Gasteiger partial charge in [-0.25, -0.2) is 4.39 Å². The molecule has 20 heavy (non-hydrogen) atoms. The molecule has 2 N–H and O–H groups in total. The SMILES string of the molecule is CC(c1ccc(Br)cc1F)N(CCO)CC1CCCN1. The van der Waals surface area contributed by atoms with Crippen molar-refractivity contribution in [1.29, 1.82) is 0 Å². The molecule has 112 valence electrons. The Morgan fingerprint density at radius 1 is 1.55 bits per heavy atom. The Kier molecular flexibility index (Phi) is 5.96. The van der Waals surface area contributed by atoms with Crippen molar-refractivity contribution in [2.45, 2.75) is 31.8 Å². The van der Waals surface area contributed by atoms with Gasteiger partial charge in [0.05, 0.1) is 6.61 Å². The standard InChI is InChI=1S/C15H22BrFN2O/c1-11(14-5-4-12(16)9-15(14)17)19(7-8-20)10-13-3-2-6-18-13/h4-5,9,11,13,18,20H,2-3,6-8,10H2,1H3. The monoisotopic (exact) mass is 344 g/mol. The molecule has 1 aliphatic heterocycles. The molecule has 0 radical (unpaired) electrons. The summed E-state index contributed by atoms with van der Waals surface area (Å²) in [4.78, 5) is 2.15. The van der Waals surface area contributed by atoms with Gasteiger partial charge in [0.2, 0.25) is 0 Å². The van der Waals surface area contributed by atoms with Gasteiger partial charge in [-0.2, -0.15) is 0 Å². The van der Waals surface area contributed by atoms with Gasteiger partial charge in [0.25, 0.3) is 0 Å². The maximum atomic E-state index is 14.1. The number of aliphatic hydroxyl groups excluding tert-OH is 1. The third kappa shape index (κ3) is 4.01. The molecule has 3 nitrogen and oxygen atoms in total. The van der Waals surface area contributed by atoms with Gasteiger partial charge in [-0.1, -0.05) is 22.0 Å². The van der Waals surface area contributed by atoms with Crippen LogP contribution in [-0.2, 0) is 0 Å². The van der Waals surface area contributed by atoms with E-state index in [0.29, 0.717) is 18.2 Å². The Morgan fingerprint density at radius 3 is 2.95 bits per heavy atom. The molecule has 1 heterocycles. The first-order valence-electron chi connectivity index (χ1n) is 7.15. The van der Waals surface area contributed by atoms with Crippen LogP contribution in [0.25, 0.3) is 0 Å². The van der Waals surface area contributed by atoms with Crippen LogP contribution in [0.3, 0.4) is 0 Å². The van der Waals surface area contributed by atoms with E-state index < -0.39 is 0 Å². The van der Waals surface area contributed by atoms with E-state index in [0.717, 1.165) is 24.0 Å². The second-order valence-corrected chi connectivity index (χ2v) is 6.27. The summed E-state index contributed by atoms with van der Waals surface area (Å²) in [5.41, 5.74) is 0.680. The van der Waals surface area contributed by atoms with E-state index in [1.165, 1.54) is 12.5 Å². The fourth-order valence-corrected chi connectivity index (χ4v) is 3.14. The van der Waals surface area contributed by atoms with E-state index in [1.807, 2.05) is 19.1 Å². The van der Waals surface area contributed by atoms with Gasteiger partial charge in [0.15, 0.2) is 0 Å². The normalized spacial score (nSPS) is 20.6. The van der Waals surface area contributed by atoms with Crippen molar-refractivity contribution in [3.8, 4) is 0 Å². The van der Waals surface area contributed by atoms with Crippen molar-refractivity contribution in [1.82, 2.24) is 10.2 Å². The van der Waals surface area contributed by atoms with Crippen molar-refractivity contribution >= 4 is 15.9 Å². The summed E-state index contributed by atoms with van der Waals surface area (Å²) < 4.78 is 14.8. The predicted molar refractivity (Wildman–Crippen MR) is 82.2 cm³/mol. The quantitative estimate of drug-likeness (QED) is 0.832. The zero-order valence-electron chi connectivity index (χ0n) is 11.8. The molecule has 1 aromatic carbocycles. The van der Waals surface area contributed by atoms with E-state index in [2.05, 4.69) is 26.1 Å². The summed E-state index contributed by atoms with van der Waals surface area (Å²) in [6.45, 7) is 4.55. The predicted octanol–water partition coefficient (Wildman–Crippen LogP) is 2.70. The maximum absolute atomic E-state index is 14.1. The molecular formula is C15H22BrFN2O. The molecule has 5 heteroatoms. The topological polar surface area (TPSA) is 35.5 Å². The van der Waals surface area contributed by atoms with Crippen LogP contribution in [-0.4, -0.2) is 42.3 Å². The number of halogens is 2. The van der Waals surface area contributed by atoms with Crippen molar-refractivity contribution in [2.24, 2.45) is 0 Å². The molecule has 0 saturated carbocycles. The lowest BCUT2D eigenvalue weighted by molar-refractivity contribution is 0.145. The Hall–Kier alpha value is -0.490. The Balaban J connectivity index is 2.10. The van der Waals surface area contributed by atoms with Gasteiger partial charge in [0, 0.05) is 35.2 Å². The summed E-state index contributed by atoms with van der Waals surface area (Å²) in [6, 6.07) is 5.58. The van der Waals surface area contributed by atoms with Crippen LogP contribution in [0.15, 0.2) is 22.7 Å². The zero-order chi connectivity index (χ0) is 14.5. The minimum absolute atomic E-state index is 0.0438. The number of hydrogen-bond donors (Lipinski definition) is 2. The molecule has 0 bridgehead atoms. The lowest BCUT2D eigenvalue weighted by atomic mass is 10.0. The molecule has 0 amide bonds. The van der Waals surface area contributed by atoms with Gasteiger partial charge in [-0.05, 0) is 38.4 Å². The minimum Gasteiger partial charge on any atom is -0.395 e. The van der Waals surface area contributed by atoms with Crippen molar-refractivity contribution in [3.63, 3.8) is 0 Å². The first kappa shape index (κ1) is 15.9. The molecule has 2 rings (SSSR count). The third-order valence-corrected chi connectivity index (χ3v) is 4.46. The molecule has 0 spiro atoms. The summed E-state index contributed by atoms with van der Waals surface area (Å²) in [5.74, 6) is -0.200. The number of rotatable bonds is 6. The Bertz CT molecular complexity index is 438. The number of benzene rings is 1. The van der Waals surface area contributed by atoms with Crippen molar-refractivity contribution in [3.05, 3.63) is 34.1 Å². The molecule has 1 fully saturated rings. The van der Waals surface area contributed by atoms with E-state index in [1.54, 1.807) is 0 Å². The van der Waals surface area contributed by atoms with Gasteiger partial charge < -0.3 is 10.4 Å². The average molecular weight is 345 g/mol. The lowest BCUT2D eigenvalue weighted by Gasteiger charge is -2.31. The molecule has 2 unspecified atom stereocenters. The third-order valence-electron chi connectivity index (χ3n) is 3.96. The average Bonchev–Trinajstić information content (AvgIpc) is 2.90. The van der Waals surface area contributed by atoms with Crippen LogP contribution in [0.5, 0.6) is 0 Å². The minimum atomic E-state index is -0.200. The smallest absolute Gasteiger partial charge is 0.129 e. The molecule has 1 aliphatic rings. The van der Waals surface area contributed by atoms with E-state index in [-0.39, 0.29) is 18.5 Å². The Morgan fingerprint density at radius 2 is 2.35 bits per heavy atom. The highest BCUT2D eigenvalue weighted by Crippen LogP contribution is 2.26. The summed E-state index contributed by atoms with van der Waals surface area (Å²) in [5, 5.41) is 12.7. The van der Waals surface area contributed by atoms with Crippen LogP contribution in [0.2, 0.25) is 0 Å². The highest BCUT2D eigenvalue weighted by molar-refractivity contribution is 9.10. The highest BCUT2D eigenvalue weighted by Gasteiger charge is 2.23. The van der Waals surface area contributed by atoms with Gasteiger partial charge in [0.1, 0.15) is 5.82 Å². The fraction of sp³-hybridized carbons (Fsp3) is 0.600. The van der Waals surface area contributed by atoms with Crippen molar-refractivity contribution in [2.75, 3.05) is 26.2 Å². The Labute approximate surface area is 128 Å².